The molecular formula is C19H28ClN5O3. The number of nitrogen functional groups attached to an aromatic ring is 1. The summed E-state index contributed by atoms with van der Waals surface area (Å²) in [6, 6.07) is 1.61. The summed E-state index contributed by atoms with van der Waals surface area (Å²) in [5.74, 6) is 0.724. The molecule has 2 saturated heterocycles. The minimum Gasteiger partial charge on any atom is -0.480 e. The van der Waals surface area contributed by atoms with Gasteiger partial charge in [0.05, 0.1) is 12.1 Å². The fraction of sp³-hybridized carbons (Fsp3) is 0.632. The van der Waals surface area contributed by atoms with Gasteiger partial charge in [-0.15, -0.1) is 0 Å². The summed E-state index contributed by atoms with van der Waals surface area (Å²) in [6.45, 7) is 4.70. The molecule has 2 aliphatic rings. The minimum atomic E-state index is -0.245. The summed E-state index contributed by atoms with van der Waals surface area (Å²) in [5, 5.41) is 3.30. The van der Waals surface area contributed by atoms with E-state index in [1.807, 2.05) is 4.90 Å². The fourth-order valence-electron chi connectivity index (χ4n) is 3.93. The number of hydrogen-bond acceptors (Lipinski definition) is 6. The van der Waals surface area contributed by atoms with Gasteiger partial charge in [0.2, 0.25) is 12.3 Å². The van der Waals surface area contributed by atoms with Crippen molar-refractivity contribution in [3.8, 4) is 5.88 Å². The normalized spacial score (nSPS) is 19.4. The summed E-state index contributed by atoms with van der Waals surface area (Å²) >= 11 is 6.01. The van der Waals surface area contributed by atoms with E-state index >= 15 is 0 Å². The van der Waals surface area contributed by atoms with E-state index in [2.05, 4.69) is 15.2 Å². The Hall–Kier alpha value is -2.06. The molecule has 0 radical (unpaired) electrons. The molecule has 3 heterocycles. The number of anilines is 1. The maximum atomic E-state index is 12.6. The second-order valence-corrected chi connectivity index (χ2v) is 7.95. The molecule has 2 aliphatic heterocycles. The van der Waals surface area contributed by atoms with Crippen LogP contribution in [0.2, 0.25) is 5.02 Å². The Labute approximate surface area is 170 Å². The topological polar surface area (TPSA) is 101 Å². The van der Waals surface area contributed by atoms with Crippen molar-refractivity contribution in [1.82, 2.24) is 20.1 Å². The average Bonchev–Trinajstić information content (AvgIpc) is 2.71. The van der Waals surface area contributed by atoms with Gasteiger partial charge in [0.15, 0.2) is 0 Å². The highest BCUT2D eigenvalue weighted by Crippen LogP contribution is 2.25. The van der Waals surface area contributed by atoms with Crippen LogP contribution in [-0.4, -0.2) is 73.0 Å². The number of amides is 2. The molecule has 3 N–H and O–H groups in total. The molecule has 0 unspecified atom stereocenters. The van der Waals surface area contributed by atoms with E-state index in [1.54, 1.807) is 0 Å². The largest absolute Gasteiger partial charge is 0.480 e. The average molecular weight is 410 g/mol. The van der Waals surface area contributed by atoms with Crippen molar-refractivity contribution in [1.29, 1.82) is 0 Å². The predicted octanol–water partition coefficient (Wildman–Crippen LogP) is 1.39. The number of hydrogen-bond donors (Lipinski definition) is 2. The molecule has 0 atom stereocenters. The smallest absolute Gasteiger partial charge is 0.257 e. The van der Waals surface area contributed by atoms with Gasteiger partial charge in [0.25, 0.3) is 5.91 Å². The van der Waals surface area contributed by atoms with E-state index in [9.17, 15) is 9.59 Å². The van der Waals surface area contributed by atoms with Crippen LogP contribution in [0.25, 0.3) is 0 Å². The van der Waals surface area contributed by atoms with E-state index in [4.69, 9.17) is 22.1 Å². The lowest BCUT2D eigenvalue weighted by Crippen LogP contribution is -2.46. The molecule has 0 spiro atoms. The molecule has 8 nitrogen and oxygen atoms in total. The van der Waals surface area contributed by atoms with Crippen LogP contribution in [0.1, 0.15) is 36.0 Å². The highest BCUT2D eigenvalue weighted by atomic mass is 35.5. The molecule has 0 aromatic carbocycles. The standard InChI is InChI=1S/C19H28ClN5O3/c1-28-19-15(10-16(20)17(21)23-19)18(27)22-14-4-8-24(9-5-14)11-13-2-6-25(12-26)7-3-13/h10,12-14H,2-9,11H2,1H3,(H2,21,23)(H,22,27). The van der Waals surface area contributed by atoms with Gasteiger partial charge in [0, 0.05) is 38.8 Å². The van der Waals surface area contributed by atoms with Crippen molar-refractivity contribution in [3.63, 3.8) is 0 Å². The number of nitrogens with two attached hydrogens (primary N) is 1. The molecular weight excluding hydrogens is 382 g/mol. The maximum absolute atomic E-state index is 12.6. The molecule has 2 amide bonds. The highest BCUT2D eigenvalue weighted by molar-refractivity contribution is 6.33. The number of pyridine rings is 1. The maximum Gasteiger partial charge on any atom is 0.257 e. The summed E-state index contributed by atoms with van der Waals surface area (Å²) < 4.78 is 5.16. The first-order valence-corrected chi connectivity index (χ1v) is 10.1. The number of carbonyl (C=O) groups excluding carboxylic acids is 2. The number of ether oxygens (including phenoxy) is 1. The van der Waals surface area contributed by atoms with Crippen LogP contribution in [0, 0.1) is 5.92 Å². The Morgan fingerprint density at radius 3 is 2.61 bits per heavy atom. The summed E-state index contributed by atoms with van der Waals surface area (Å²) in [4.78, 5) is 31.8. The highest BCUT2D eigenvalue weighted by Gasteiger charge is 2.26. The molecule has 0 bridgehead atoms. The number of nitrogens with zero attached hydrogens (tertiary/aromatic N) is 3. The van der Waals surface area contributed by atoms with Gasteiger partial charge in [0.1, 0.15) is 11.4 Å². The lowest BCUT2D eigenvalue weighted by atomic mass is 9.95. The molecule has 9 heteroatoms. The second kappa shape index (κ2) is 9.43. The summed E-state index contributed by atoms with van der Waals surface area (Å²) in [5.41, 5.74) is 5.97. The van der Waals surface area contributed by atoms with E-state index in [0.29, 0.717) is 11.5 Å². The van der Waals surface area contributed by atoms with Crippen molar-refractivity contribution in [2.24, 2.45) is 5.92 Å². The van der Waals surface area contributed by atoms with Crippen LogP contribution in [0.5, 0.6) is 5.88 Å². The van der Waals surface area contributed by atoms with E-state index < -0.39 is 0 Å². The van der Waals surface area contributed by atoms with Gasteiger partial charge in [-0.2, -0.15) is 4.98 Å². The first-order valence-electron chi connectivity index (χ1n) is 9.72. The lowest BCUT2D eigenvalue weighted by molar-refractivity contribution is -0.119. The van der Waals surface area contributed by atoms with Gasteiger partial charge < -0.3 is 25.6 Å². The van der Waals surface area contributed by atoms with Gasteiger partial charge in [-0.25, -0.2) is 0 Å². The zero-order valence-corrected chi connectivity index (χ0v) is 17.0. The number of methoxy groups -OCH3 is 1. The zero-order chi connectivity index (χ0) is 20.1. The number of likely N-dealkylation sites (tertiary alicyclic amines) is 2. The third kappa shape index (κ3) is 5.05. The first-order chi connectivity index (χ1) is 13.5. The van der Waals surface area contributed by atoms with Crippen molar-refractivity contribution >= 4 is 29.7 Å². The monoisotopic (exact) mass is 409 g/mol. The number of nitrogens with one attached hydrogen (secondary N) is 1. The van der Waals surface area contributed by atoms with Crippen LogP contribution >= 0.6 is 11.6 Å². The number of piperidine rings is 2. The molecule has 1 aromatic heterocycles. The molecule has 0 saturated carbocycles. The number of carbonyl (C=O) groups is 2. The number of halogens is 1. The van der Waals surface area contributed by atoms with Crippen LogP contribution in [0.15, 0.2) is 6.07 Å². The molecule has 3 rings (SSSR count). The summed E-state index contributed by atoms with van der Waals surface area (Å²) in [7, 11) is 1.45. The molecule has 2 fully saturated rings. The lowest BCUT2D eigenvalue weighted by Gasteiger charge is -2.37. The minimum absolute atomic E-state index is 0.113. The van der Waals surface area contributed by atoms with Gasteiger partial charge in [-0.05, 0) is 37.7 Å². The van der Waals surface area contributed by atoms with Crippen LogP contribution in [-0.2, 0) is 4.79 Å². The quantitative estimate of drug-likeness (QED) is 0.688. The van der Waals surface area contributed by atoms with Gasteiger partial charge in [-0.1, -0.05) is 11.6 Å². The third-order valence-electron chi connectivity index (χ3n) is 5.64. The van der Waals surface area contributed by atoms with Crippen molar-refractivity contribution in [2.75, 3.05) is 45.6 Å². The molecule has 1 aromatic rings. The van der Waals surface area contributed by atoms with Crippen LogP contribution in [0.4, 0.5) is 5.82 Å². The van der Waals surface area contributed by atoms with E-state index in [0.717, 1.165) is 64.8 Å². The molecule has 0 aliphatic carbocycles. The fourth-order valence-corrected chi connectivity index (χ4v) is 4.08. The zero-order valence-electron chi connectivity index (χ0n) is 16.2. The van der Waals surface area contributed by atoms with Gasteiger partial charge >= 0.3 is 0 Å². The Bertz CT molecular complexity index is 701. The van der Waals surface area contributed by atoms with Crippen molar-refractivity contribution < 1.29 is 14.3 Å². The van der Waals surface area contributed by atoms with Crippen LogP contribution in [0.3, 0.4) is 0 Å². The van der Waals surface area contributed by atoms with Crippen molar-refractivity contribution in [2.45, 2.75) is 31.7 Å². The summed E-state index contributed by atoms with van der Waals surface area (Å²) in [6.07, 6.45) is 4.89. The number of aromatic nitrogens is 1. The van der Waals surface area contributed by atoms with Crippen molar-refractivity contribution in [3.05, 3.63) is 16.7 Å². The molecule has 154 valence electrons. The molecule has 28 heavy (non-hydrogen) atoms. The van der Waals surface area contributed by atoms with Crippen LogP contribution < -0.4 is 15.8 Å². The second-order valence-electron chi connectivity index (χ2n) is 7.55. The Morgan fingerprint density at radius 1 is 1.32 bits per heavy atom. The van der Waals surface area contributed by atoms with E-state index in [-0.39, 0.29) is 28.7 Å². The first kappa shape index (κ1) is 20.7. The predicted molar refractivity (Wildman–Crippen MR) is 108 cm³/mol. The Morgan fingerprint density at radius 2 is 2.00 bits per heavy atom. The Balaban J connectivity index is 1.47. The Kier molecular flexibility index (Phi) is 6.96. The van der Waals surface area contributed by atoms with E-state index in [1.165, 1.54) is 13.2 Å². The van der Waals surface area contributed by atoms with Gasteiger partial charge in [-0.3, -0.25) is 9.59 Å². The SMILES string of the molecule is COc1nc(N)c(Cl)cc1C(=O)NC1CCN(CC2CCN(C=O)CC2)CC1. The third-order valence-corrected chi connectivity index (χ3v) is 5.95. The number of rotatable bonds is 6.